The van der Waals surface area contributed by atoms with Crippen LogP contribution in [0, 0.1) is 0 Å². The van der Waals surface area contributed by atoms with Gasteiger partial charge in [-0.2, -0.15) is 0 Å². The molecule has 0 rings (SSSR count). The van der Waals surface area contributed by atoms with Crippen LogP contribution in [0.3, 0.4) is 0 Å². The van der Waals surface area contributed by atoms with Crippen molar-refractivity contribution in [2.75, 3.05) is 6.61 Å². The van der Waals surface area contributed by atoms with E-state index in [1.54, 1.807) is 0 Å². The van der Waals surface area contributed by atoms with Crippen LogP contribution in [0.2, 0.25) is 0 Å². The number of aliphatic hydroxyl groups is 2. The highest BCUT2D eigenvalue weighted by molar-refractivity contribution is 5.78. The van der Waals surface area contributed by atoms with E-state index in [1.807, 2.05) is 12.2 Å². The summed E-state index contributed by atoms with van der Waals surface area (Å²) in [5, 5.41) is 23.6. The van der Waals surface area contributed by atoms with Crippen LogP contribution < -0.4 is 5.32 Å². The summed E-state index contributed by atoms with van der Waals surface area (Å²) in [6.45, 7) is 6.43. The zero-order valence-corrected chi connectivity index (χ0v) is 37.3. The Balaban J connectivity index is 4.65. The molecule has 0 aromatic rings. The molecule has 6 heteroatoms. The first-order valence-electron chi connectivity index (χ1n) is 24.2. The maximum atomic E-state index is 13.1. The second-order valence-electron chi connectivity index (χ2n) is 16.5. The molecule has 0 saturated heterocycles. The van der Waals surface area contributed by atoms with Gasteiger partial charge in [0, 0.05) is 6.42 Å². The molecule has 0 aromatic heterocycles. The van der Waals surface area contributed by atoms with Crippen LogP contribution in [0.15, 0.2) is 36.5 Å². The zero-order chi connectivity index (χ0) is 41.0. The first kappa shape index (κ1) is 54.1. The lowest BCUT2D eigenvalue weighted by atomic mass is 10.0. The summed E-state index contributed by atoms with van der Waals surface area (Å²) in [5.41, 5.74) is 0. The molecule has 56 heavy (non-hydrogen) atoms. The molecular formula is C50H93NO5. The number of hydrogen-bond acceptors (Lipinski definition) is 5. The second kappa shape index (κ2) is 44.2. The van der Waals surface area contributed by atoms with E-state index in [1.165, 1.54) is 141 Å². The lowest BCUT2D eigenvalue weighted by molar-refractivity contribution is -0.148. The minimum Gasteiger partial charge on any atom is -0.458 e. The van der Waals surface area contributed by atoms with Crippen molar-refractivity contribution >= 4 is 11.9 Å². The minimum atomic E-state index is -0.810. The highest BCUT2D eigenvalue weighted by atomic mass is 16.5. The number of carbonyl (C=O) groups is 2. The molecule has 0 saturated carbocycles. The van der Waals surface area contributed by atoms with E-state index in [0.29, 0.717) is 12.8 Å². The molecule has 0 aromatic carbocycles. The normalized spacial score (nSPS) is 13.6. The Labute approximate surface area is 347 Å². The molecule has 3 N–H and O–H groups in total. The first-order chi connectivity index (χ1) is 27.5. The Morgan fingerprint density at radius 3 is 1.41 bits per heavy atom. The highest BCUT2D eigenvalue weighted by Crippen LogP contribution is 2.15. The van der Waals surface area contributed by atoms with Crippen molar-refractivity contribution in [3.63, 3.8) is 0 Å². The molecule has 3 unspecified atom stereocenters. The lowest BCUT2D eigenvalue weighted by Gasteiger charge is -2.23. The number of aliphatic hydroxyl groups excluding tert-OH is 2. The Kier molecular flexibility index (Phi) is 42.7. The summed E-state index contributed by atoms with van der Waals surface area (Å²) < 4.78 is 5.80. The predicted octanol–water partition coefficient (Wildman–Crippen LogP) is 14.1. The van der Waals surface area contributed by atoms with Gasteiger partial charge in [-0.05, 0) is 63.9 Å². The Morgan fingerprint density at radius 2 is 0.946 bits per heavy atom. The number of allylic oxidation sites excluding steroid dienone is 5. The number of hydrogen-bond donors (Lipinski definition) is 3. The van der Waals surface area contributed by atoms with Crippen molar-refractivity contribution in [1.82, 2.24) is 5.32 Å². The summed E-state index contributed by atoms with van der Waals surface area (Å²) in [5.74, 6) is -0.617. The van der Waals surface area contributed by atoms with Crippen molar-refractivity contribution in [2.24, 2.45) is 0 Å². The van der Waals surface area contributed by atoms with Crippen molar-refractivity contribution in [1.29, 1.82) is 0 Å². The van der Waals surface area contributed by atoms with Gasteiger partial charge in [0.15, 0.2) is 0 Å². The number of amides is 1. The van der Waals surface area contributed by atoms with Gasteiger partial charge in [0.2, 0.25) is 5.91 Å². The molecular weight excluding hydrogens is 695 g/mol. The fourth-order valence-corrected chi connectivity index (χ4v) is 7.21. The molecule has 0 aliphatic heterocycles. The van der Waals surface area contributed by atoms with E-state index in [4.69, 9.17) is 4.74 Å². The van der Waals surface area contributed by atoms with Gasteiger partial charge in [0.05, 0.1) is 25.2 Å². The summed E-state index contributed by atoms with van der Waals surface area (Å²) in [6, 6.07) is -0.731. The van der Waals surface area contributed by atoms with Crippen LogP contribution in [0.5, 0.6) is 0 Å². The maximum Gasteiger partial charge on any atom is 0.306 e. The third-order valence-electron chi connectivity index (χ3n) is 10.9. The first-order valence-corrected chi connectivity index (χ1v) is 24.2. The maximum absolute atomic E-state index is 13.1. The van der Waals surface area contributed by atoms with E-state index in [0.717, 1.165) is 64.2 Å². The van der Waals surface area contributed by atoms with E-state index < -0.39 is 18.2 Å². The molecule has 6 nitrogen and oxygen atoms in total. The summed E-state index contributed by atoms with van der Waals surface area (Å²) in [6.07, 6.45) is 50.9. The van der Waals surface area contributed by atoms with Crippen LogP contribution in [0.1, 0.15) is 245 Å². The minimum absolute atomic E-state index is 0.0327. The van der Waals surface area contributed by atoms with E-state index in [9.17, 15) is 19.8 Å². The molecule has 0 aliphatic carbocycles. The van der Waals surface area contributed by atoms with Crippen LogP contribution in [-0.4, -0.2) is 46.9 Å². The number of ether oxygens (including phenoxy) is 1. The fraction of sp³-hybridized carbons (Fsp3) is 0.840. The van der Waals surface area contributed by atoms with Gasteiger partial charge in [-0.15, -0.1) is 0 Å². The molecule has 0 spiro atoms. The van der Waals surface area contributed by atoms with Gasteiger partial charge in [-0.3, -0.25) is 9.59 Å². The second-order valence-corrected chi connectivity index (χ2v) is 16.5. The van der Waals surface area contributed by atoms with Crippen molar-refractivity contribution in [3.05, 3.63) is 36.5 Å². The molecule has 328 valence electrons. The average Bonchev–Trinajstić information content (AvgIpc) is 3.19. The number of esters is 1. The van der Waals surface area contributed by atoms with Crippen molar-refractivity contribution in [2.45, 2.75) is 264 Å². The molecule has 0 radical (unpaired) electrons. The monoisotopic (exact) mass is 788 g/mol. The van der Waals surface area contributed by atoms with Gasteiger partial charge in [0.25, 0.3) is 0 Å². The smallest absolute Gasteiger partial charge is 0.306 e. The molecule has 0 heterocycles. The number of unbranched alkanes of at least 4 members (excludes halogenated alkanes) is 27. The van der Waals surface area contributed by atoms with E-state index in [-0.39, 0.29) is 24.9 Å². The largest absolute Gasteiger partial charge is 0.458 e. The predicted molar refractivity (Wildman–Crippen MR) is 241 cm³/mol. The molecule has 0 aliphatic rings. The number of carbonyl (C=O) groups excluding carboxylic acids is 2. The summed E-state index contributed by atoms with van der Waals surface area (Å²) >= 11 is 0. The summed E-state index contributed by atoms with van der Waals surface area (Å²) in [4.78, 5) is 25.9. The molecule has 1 amide bonds. The molecule has 3 atom stereocenters. The van der Waals surface area contributed by atoms with Crippen LogP contribution in [-0.2, 0) is 14.3 Å². The lowest BCUT2D eigenvalue weighted by Crippen LogP contribution is -2.46. The average molecular weight is 788 g/mol. The third kappa shape index (κ3) is 38.9. The van der Waals surface area contributed by atoms with Gasteiger partial charge in [0.1, 0.15) is 6.10 Å². The Hall–Kier alpha value is -1.92. The molecule has 0 fully saturated rings. The van der Waals surface area contributed by atoms with Gasteiger partial charge in [-0.1, -0.05) is 205 Å². The third-order valence-corrected chi connectivity index (χ3v) is 10.9. The van der Waals surface area contributed by atoms with Crippen molar-refractivity contribution < 1.29 is 24.5 Å². The van der Waals surface area contributed by atoms with Crippen molar-refractivity contribution in [3.8, 4) is 0 Å². The Morgan fingerprint density at radius 1 is 0.536 bits per heavy atom. The van der Waals surface area contributed by atoms with Crippen LogP contribution in [0.25, 0.3) is 0 Å². The number of rotatable bonds is 43. The van der Waals surface area contributed by atoms with Crippen LogP contribution >= 0.6 is 0 Å². The van der Waals surface area contributed by atoms with Gasteiger partial charge < -0.3 is 20.3 Å². The Bertz CT molecular complexity index is 930. The summed E-state index contributed by atoms with van der Waals surface area (Å²) in [7, 11) is 0. The van der Waals surface area contributed by atoms with Gasteiger partial charge in [-0.25, -0.2) is 0 Å². The molecule has 0 bridgehead atoms. The van der Waals surface area contributed by atoms with E-state index in [2.05, 4.69) is 50.4 Å². The van der Waals surface area contributed by atoms with E-state index >= 15 is 0 Å². The van der Waals surface area contributed by atoms with Gasteiger partial charge >= 0.3 is 5.97 Å². The standard InChI is InChI=1S/C50H93NO5/c1-4-7-10-13-16-19-22-24-25-28-31-34-37-40-43-50(55)56-46(41-38-35-32-29-26-21-18-15-12-9-6-3)44-49(54)51-47(45-52)48(53)42-39-36-33-30-27-23-20-17-14-11-8-5-2/h25,28-29,32,38,41,46-48,52-53H,4-24,26-27,30-31,33-37,39-40,42-45H2,1-3H3,(H,51,54)/b28-25-,32-29-,41-38+. The number of nitrogens with one attached hydrogen (secondary N) is 1. The van der Waals surface area contributed by atoms with Crippen LogP contribution in [0.4, 0.5) is 0 Å². The SMILES string of the molecule is CCCCCCCC/C=C\C/C=C/C(CC(=O)NC(CO)C(O)CCCCCCCCCCCCCC)OC(=O)CCCCC/C=C\CCCCCCCCC. The zero-order valence-electron chi connectivity index (χ0n) is 37.3. The fourth-order valence-electron chi connectivity index (χ4n) is 7.21. The topological polar surface area (TPSA) is 95.9 Å². The quantitative estimate of drug-likeness (QED) is 0.0325. The highest BCUT2D eigenvalue weighted by Gasteiger charge is 2.23.